The number of benzene rings is 1. The molecule has 0 aliphatic carbocycles. The number of carbonyl (C=O) groups is 1. The zero-order valence-corrected chi connectivity index (χ0v) is 10.3. The zero-order chi connectivity index (χ0) is 13.7. The van der Waals surface area contributed by atoms with E-state index in [1.54, 1.807) is 0 Å². The average Bonchev–Trinajstić information content (AvgIpc) is 2.34. The largest absolute Gasteiger partial charge is 0.352 e. The molecule has 0 saturated heterocycles. The molecule has 1 rings (SSSR count). The first-order valence-corrected chi connectivity index (χ1v) is 5.67. The standard InChI is InChI=1S/C12H15FN2O3/c1-3-8(2)7-14-12(16)10-6-9(13)4-5-11(10)15(17)18/h4-6,8H,3,7H2,1-2H3,(H,14,16). The van der Waals surface area contributed by atoms with Gasteiger partial charge in [0.15, 0.2) is 0 Å². The molecule has 6 heteroatoms. The van der Waals surface area contributed by atoms with E-state index in [4.69, 9.17) is 0 Å². The summed E-state index contributed by atoms with van der Waals surface area (Å²) < 4.78 is 13.0. The summed E-state index contributed by atoms with van der Waals surface area (Å²) in [7, 11) is 0. The second-order valence-electron chi connectivity index (χ2n) is 4.14. The van der Waals surface area contributed by atoms with Crippen LogP contribution in [0.2, 0.25) is 0 Å². The van der Waals surface area contributed by atoms with Crippen molar-refractivity contribution in [2.24, 2.45) is 5.92 Å². The van der Waals surface area contributed by atoms with Crippen molar-refractivity contribution in [1.29, 1.82) is 0 Å². The molecule has 1 aromatic rings. The number of nitrogens with zero attached hydrogens (tertiary/aromatic N) is 1. The third-order valence-electron chi connectivity index (χ3n) is 2.71. The summed E-state index contributed by atoms with van der Waals surface area (Å²) in [6.07, 6.45) is 0.880. The maximum Gasteiger partial charge on any atom is 0.282 e. The normalized spacial score (nSPS) is 11.9. The number of hydrogen-bond acceptors (Lipinski definition) is 3. The second kappa shape index (κ2) is 6.09. The van der Waals surface area contributed by atoms with Crippen LogP contribution >= 0.6 is 0 Å². The lowest BCUT2D eigenvalue weighted by atomic mass is 10.1. The minimum atomic E-state index is -0.697. The summed E-state index contributed by atoms with van der Waals surface area (Å²) in [5.41, 5.74) is -0.638. The molecule has 0 heterocycles. The number of amides is 1. The lowest BCUT2D eigenvalue weighted by molar-refractivity contribution is -0.385. The molecule has 1 aromatic carbocycles. The molecule has 0 aliphatic rings. The fourth-order valence-corrected chi connectivity index (χ4v) is 1.36. The van der Waals surface area contributed by atoms with Gasteiger partial charge in [-0.05, 0) is 18.1 Å². The van der Waals surface area contributed by atoms with Gasteiger partial charge in [0.25, 0.3) is 11.6 Å². The van der Waals surface area contributed by atoms with Crippen molar-refractivity contribution in [1.82, 2.24) is 5.32 Å². The monoisotopic (exact) mass is 254 g/mol. The molecular formula is C12H15FN2O3. The molecule has 0 bridgehead atoms. The number of halogens is 1. The number of carbonyl (C=O) groups excluding carboxylic acids is 1. The molecular weight excluding hydrogens is 239 g/mol. The third-order valence-corrected chi connectivity index (χ3v) is 2.71. The second-order valence-corrected chi connectivity index (χ2v) is 4.14. The van der Waals surface area contributed by atoms with Crippen LogP contribution in [0.4, 0.5) is 10.1 Å². The molecule has 0 aliphatic heterocycles. The number of hydrogen-bond donors (Lipinski definition) is 1. The van der Waals surface area contributed by atoms with E-state index in [0.29, 0.717) is 6.54 Å². The number of nitrogens with one attached hydrogen (secondary N) is 1. The van der Waals surface area contributed by atoms with E-state index in [0.717, 1.165) is 24.6 Å². The molecule has 0 fully saturated rings. The van der Waals surface area contributed by atoms with Crippen LogP contribution in [0.25, 0.3) is 0 Å². The Morgan fingerprint density at radius 3 is 2.78 bits per heavy atom. The molecule has 0 saturated carbocycles. The van der Waals surface area contributed by atoms with Crippen LogP contribution in [0.15, 0.2) is 18.2 Å². The highest BCUT2D eigenvalue weighted by Crippen LogP contribution is 2.19. The summed E-state index contributed by atoms with van der Waals surface area (Å²) >= 11 is 0. The molecule has 0 aromatic heterocycles. The maximum absolute atomic E-state index is 13.0. The van der Waals surface area contributed by atoms with Gasteiger partial charge in [0.1, 0.15) is 11.4 Å². The maximum atomic E-state index is 13.0. The predicted molar refractivity (Wildman–Crippen MR) is 64.8 cm³/mol. The minimum Gasteiger partial charge on any atom is -0.352 e. The average molecular weight is 254 g/mol. The Morgan fingerprint density at radius 2 is 2.22 bits per heavy atom. The molecule has 5 nitrogen and oxygen atoms in total. The Balaban J connectivity index is 2.90. The summed E-state index contributed by atoms with van der Waals surface area (Å²) in [4.78, 5) is 21.8. The van der Waals surface area contributed by atoms with Crippen molar-refractivity contribution in [3.63, 3.8) is 0 Å². The number of nitro groups is 1. The van der Waals surface area contributed by atoms with E-state index in [1.807, 2.05) is 13.8 Å². The summed E-state index contributed by atoms with van der Waals surface area (Å²) in [5.74, 6) is -1.03. The SMILES string of the molecule is CCC(C)CNC(=O)c1cc(F)ccc1[N+](=O)[O-]. The first-order valence-electron chi connectivity index (χ1n) is 5.67. The van der Waals surface area contributed by atoms with Crippen LogP contribution in [0, 0.1) is 21.8 Å². The minimum absolute atomic E-state index is 0.247. The highest BCUT2D eigenvalue weighted by Gasteiger charge is 2.20. The Kier molecular flexibility index (Phi) is 4.76. The van der Waals surface area contributed by atoms with E-state index in [-0.39, 0.29) is 11.5 Å². The van der Waals surface area contributed by atoms with Crippen LogP contribution in [-0.2, 0) is 0 Å². The van der Waals surface area contributed by atoms with E-state index < -0.39 is 22.3 Å². The summed E-state index contributed by atoms with van der Waals surface area (Å²) in [5, 5.41) is 13.3. The molecule has 98 valence electrons. The first-order chi connectivity index (χ1) is 8.45. The van der Waals surface area contributed by atoms with Gasteiger partial charge in [-0.1, -0.05) is 20.3 Å². The van der Waals surface area contributed by atoms with Gasteiger partial charge in [0.05, 0.1) is 4.92 Å². The molecule has 1 atom stereocenters. The number of nitro benzene ring substituents is 1. The van der Waals surface area contributed by atoms with Crippen molar-refractivity contribution in [3.8, 4) is 0 Å². The van der Waals surface area contributed by atoms with Crippen LogP contribution in [0.3, 0.4) is 0 Å². The van der Waals surface area contributed by atoms with Crippen LogP contribution in [0.1, 0.15) is 30.6 Å². The van der Waals surface area contributed by atoms with Crippen LogP contribution in [-0.4, -0.2) is 17.4 Å². The zero-order valence-electron chi connectivity index (χ0n) is 10.3. The third kappa shape index (κ3) is 3.51. The molecule has 1 amide bonds. The predicted octanol–water partition coefficient (Wildman–Crippen LogP) is 2.51. The first kappa shape index (κ1) is 14.1. The van der Waals surface area contributed by atoms with Crippen LogP contribution < -0.4 is 5.32 Å². The van der Waals surface area contributed by atoms with Crippen molar-refractivity contribution in [3.05, 3.63) is 39.7 Å². The molecule has 1 N–H and O–H groups in total. The van der Waals surface area contributed by atoms with Gasteiger partial charge in [-0.25, -0.2) is 4.39 Å². The lowest BCUT2D eigenvalue weighted by Gasteiger charge is -2.10. The lowest BCUT2D eigenvalue weighted by Crippen LogP contribution is -2.28. The van der Waals surface area contributed by atoms with Gasteiger partial charge >= 0.3 is 0 Å². The van der Waals surface area contributed by atoms with Crippen molar-refractivity contribution in [2.45, 2.75) is 20.3 Å². The highest BCUT2D eigenvalue weighted by atomic mass is 19.1. The van der Waals surface area contributed by atoms with E-state index in [1.165, 1.54) is 0 Å². The smallest absolute Gasteiger partial charge is 0.282 e. The van der Waals surface area contributed by atoms with Crippen molar-refractivity contribution in [2.75, 3.05) is 6.54 Å². The summed E-state index contributed by atoms with van der Waals surface area (Å²) in [6.45, 7) is 4.32. The Bertz CT molecular complexity index is 463. The Labute approximate surface area is 104 Å². The molecule has 1 unspecified atom stereocenters. The van der Waals surface area contributed by atoms with Crippen molar-refractivity contribution < 1.29 is 14.1 Å². The topological polar surface area (TPSA) is 72.2 Å². The molecule has 0 radical (unpaired) electrons. The van der Waals surface area contributed by atoms with E-state index >= 15 is 0 Å². The van der Waals surface area contributed by atoms with Gasteiger partial charge in [-0.2, -0.15) is 0 Å². The van der Waals surface area contributed by atoms with E-state index in [9.17, 15) is 19.3 Å². The van der Waals surface area contributed by atoms with Gasteiger partial charge in [-0.3, -0.25) is 14.9 Å². The van der Waals surface area contributed by atoms with Crippen molar-refractivity contribution >= 4 is 11.6 Å². The van der Waals surface area contributed by atoms with Crippen LogP contribution in [0.5, 0.6) is 0 Å². The fraction of sp³-hybridized carbons (Fsp3) is 0.417. The quantitative estimate of drug-likeness (QED) is 0.648. The van der Waals surface area contributed by atoms with Gasteiger partial charge in [0.2, 0.25) is 0 Å². The van der Waals surface area contributed by atoms with E-state index in [2.05, 4.69) is 5.32 Å². The highest BCUT2D eigenvalue weighted by molar-refractivity contribution is 5.98. The fourth-order valence-electron chi connectivity index (χ4n) is 1.36. The van der Waals surface area contributed by atoms with Gasteiger partial charge in [0, 0.05) is 12.6 Å². The summed E-state index contributed by atoms with van der Waals surface area (Å²) in [6, 6.07) is 2.83. The molecule has 18 heavy (non-hydrogen) atoms. The van der Waals surface area contributed by atoms with Gasteiger partial charge < -0.3 is 5.32 Å². The Morgan fingerprint density at radius 1 is 1.56 bits per heavy atom. The molecule has 0 spiro atoms. The van der Waals surface area contributed by atoms with Gasteiger partial charge in [-0.15, -0.1) is 0 Å². The Hall–Kier alpha value is -1.98. The number of rotatable bonds is 5.